The molecule has 0 aromatic carbocycles. The van der Waals surface area contributed by atoms with Crippen LogP contribution < -0.4 is 4.74 Å². The summed E-state index contributed by atoms with van der Waals surface area (Å²) >= 11 is 0. The summed E-state index contributed by atoms with van der Waals surface area (Å²) in [5.41, 5.74) is -2.68. The van der Waals surface area contributed by atoms with Crippen LogP contribution in [-0.4, -0.2) is 27.3 Å². The van der Waals surface area contributed by atoms with Crippen molar-refractivity contribution in [3.05, 3.63) is 27.4 Å². The first kappa shape index (κ1) is 16.5. The van der Waals surface area contributed by atoms with Gasteiger partial charge in [0.05, 0.1) is 17.5 Å². The van der Waals surface area contributed by atoms with Gasteiger partial charge in [-0.2, -0.15) is 0 Å². The standard InChI is InChI=1S/C9H5F5N2O5/c10-7(11)6-3(1-5(17)18)8(16(19)20)15-2-4(6)21-9(12,13)14/h2,7H,1H2,(H,17,18). The molecule has 0 atom stereocenters. The summed E-state index contributed by atoms with van der Waals surface area (Å²) in [6, 6.07) is 0. The van der Waals surface area contributed by atoms with Gasteiger partial charge in [-0.1, -0.05) is 0 Å². The Morgan fingerprint density at radius 1 is 1.48 bits per heavy atom. The third-order valence-corrected chi connectivity index (χ3v) is 2.11. The number of pyridine rings is 1. The highest BCUT2D eigenvalue weighted by Crippen LogP contribution is 2.38. The van der Waals surface area contributed by atoms with Crippen LogP contribution in [-0.2, 0) is 11.2 Å². The van der Waals surface area contributed by atoms with Crippen molar-refractivity contribution in [2.75, 3.05) is 0 Å². The highest BCUT2D eigenvalue weighted by Gasteiger charge is 2.37. The van der Waals surface area contributed by atoms with Gasteiger partial charge in [-0.05, 0) is 9.91 Å². The Labute approximate surface area is 112 Å². The molecule has 21 heavy (non-hydrogen) atoms. The molecular weight excluding hydrogens is 311 g/mol. The van der Waals surface area contributed by atoms with Crippen molar-refractivity contribution in [2.45, 2.75) is 19.2 Å². The average Bonchev–Trinajstić information content (AvgIpc) is 2.24. The van der Waals surface area contributed by atoms with Crippen molar-refractivity contribution in [3.63, 3.8) is 0 Å². The lowest BCUT2D eigenvalue weighted by Gasteiger charge is -2.14. The van der Waals surface area contributed by atoms with Gasteiger partial charge in [0, 0.05) is 0 Å². The second-order valence-corrected chi connectivity index (χ2v) is 3.51. The topological polar surface area (TPSA) is 103 Å². The highest BCUT2D eigenvalue weighted by atomic mass is 19.4. The molecule has 0 amide bonds. The minimum absolute atomic E-state index is 0.0957. The van der Waals surface area contributed by atoms with Crippen molar-refractivity contribution >= 4 is 11.8 Å². The van der Waals surface area contributed by atoms with Crippen LogP contribution in [0.4, 0.5) is 27.8 Å². The number of alkyl halides is 5. The lowest BCUT2D eigenvalue weighted by Crippen LogP contribution is -2.20. The molecular formula is C9H5F5N2O5. The number of carbonyl (C=O) groups is 1. The van der Waals surface area contributed by atoms with Crippen LogP contribution in [0.3, 0.4) is 0 Å². The van der Waals surface area contributed by atoms with Gasteiger partial charge < -0.3 is 20.0 Å². The van der Waals surface area contributed by atoms with Gasteiger partial charge in [-0.3, -0.25) is 4.79 Å². The van der Waals surface area contributed by atoms with E-state index in [9.17, 15) is 36.9 Å². The molecule has 0 bridgehead atoms. The molecule has 0 aliphatic rings. The van der Waals surface area contributed by atoms with Crippen molar-refractivity contribution in [1.82, 2.24) is 4.98 Å². The van der Waals surface area contributed by atoms with Gasteiger partial charge in [-0.25, -0.2) is 8.78 Å². The molecule has 12 heteroatoms. The number of aromatic nitrogens is 1. The van der Waals surface area contributed by atoms with Gasteiger partial charge in [0.1, 0.15) is 0 Å². The Kier molecular flexibility index (Phi) is 4.60. The van der Waals surface area contributed by atoms with Crippen molar-refractivity contribution < 1.29 is 41.5 Å². The van der Waals surface area contributed by atoms with Gasteiger partial charge >= 0.3 is 18.1 Å². The smallest absolute Gasteiger partial charge is 0.481 e. The summed E-state index contributed by atoms with van der Waals surface area (Å²) in [6.45, 7) is 0. The van der Waals surface area contributed by atoms with Crippen molar-refractivity contribution in [3.8, 4) is 5.75 Å². The van der Waals surface area contributed by atoms with Gasteiger partial charge in [-0.15, -0.1) is 13.2 Å². The zero-order valence-corrected chi connectivity index (χ0v) is 9.73. The van der Waals surface area contributed by atoms with E-state index in [0.29, 0.717) is 0 Å². The van der Waals surface area contributed by atoms with Gasteiger partial charge in [0.2, 0.25) is 0 Å². The van der Waals surface area contributed by atoms with E-state index in [-0.39, 0.29) is 6.20 Å². The summed E-state index contributed by atoms with van der Waals surface area (Å²) in [6.07, 6.45) is -10.2. The zero-order valence-electron chi connectivity index (χ0n) is 9.73. The summed E-state index contributed by atoms with van der Waals surface area (Å²) < 4.78 is 65.3. The Bertz CT molecular complexity index is 574. The monoisotopic (exact) mass is 316 g/mol. The van der Waals surface area contributed by atoms with E-state index in [1.807, 2.05) is 0 Å². The predicted molar refractivity (Wildman–Crippen MR) is 53.9 cm³/mol. The van der Waals surface area contributed by atoms with Crippen LogP contribution in [0, 0.1) is 10.1 Å². The number of hydrogen-bond donors (Lipinski definition) is 1. The molecule has 1 aromatic rings. The van der Waals surface area contributed by atoms with Crippen molar-refractivity contribution in [2.24, 2.45) is 0 Å². The first-order valence-electron chi connectivity index (χ1n) is 4.94. The molecule has 0 aliphatic heterocycles. The van der Waals surface area contributed by atoms with Crippen LogP contribution in [0.2, 0.25) is 0 Å². The predicted octanol–water partition coefficient (Wildman–Crippen LogP) is 2.45. The number of carboxylic acid groups (broad SMARTS) is 1. The Hall–Kier alpha value is -2.53. The van der Waals surface area contributed by atoms with E-state index < -0.39 is 52.8 Å². The largest absolute Gasteiger partial charge is 0.573 e. The minimum Gasteiger partial charge on any atom is -0.481 e. The quantitative estimate of drug-likeness (QED) is 0.508. The van der Waals surface area contributed by atoms with Gasteiger partial charge in [0.25, 0.3) is 6.43 Å². The summed E-state index contributed by atoms with van der Waals surface area (Å²) in [5, 5.41) is 19.2. The SMILES string of the molecule is O=C(O)Cc1c([N+](=O)[O-])ncc(OC(F)(F)F)c1C(F)F. The maximum absolute atomic E-state index is 12.9. The lowest BCUT2D eigenvalue weighted by atomic mass is 10.1. The first-order chi connectivity index (χ1) is 9.53. The molecule has 116 valence electrons. The number of rotatable bonds is 5. The van der Waals surface area contributed by atoms with E-state index in [2.05, 4.69) is 9.72 Å². The number of aliphatic carboxylic acids is 1. The molecule has 7 nitrogen and oxygen atoms in total. The number of hydrogen-bond acceptors (Lipinski definition) is 5. The normalized spacial score (nSPS) is 11.5. The van der Waals surface area contributed by atoms with Crippen LogP contribution in [0.5, 0.6) is 5.75 Å². The second kappa shape index (κ2) is 5.85. The lowest BCUT2D eigenvalue weighted by molar-refractivity contribution is -0.390. The fourth-order valence-corrected chi connectivity index (χ4v) is 1.46. The van der Waals surface area contributed by atoms with Crippen LogP contribution in [0.25, 0.3) is 0 Å². The molecule has 0 aliphatic carbocycles. The Balaban J connectivity index is 3.55. The third-order valence-electron chi connectivity index (χ3n) is 2.11. The summed E-state index contributed by atoms with van der Waals surface area (Å²) in [5.74, 6) is -4.52. The van der Waals surface area contributed by atoms with Crippen molar-refractivity contribution in [1.29, 1.82) is 0 Å². The fraction of sp³-hybridized carbons (Fsp3) is 0.333. The van der Waals surface area contributed by atoms with E-state index in [0.717, 1.165) is 0 Å². The molecule has 0 fully saturated rings. The van der Waals surface area contributed by atoms with Gasteiger partial charge in [0.15, 0.2) is 11.9 Å². The van der Waals surface area contributed by atoms with Crippen LogP contribution in [0.1, 0.15) is 17.6 Å². The molecule has 1 N–H and O–H groups in total. The Morgan fingerprint density at radius 2 is 2.05 bits per heavy atom. The summed E-state index contributed by atoms with van der Waals surface area (Å²) in [4.78, 5) is 22.8. The zero-order chi connectivity index (χ0) is 16.4. The maximum atomic E-state index is 12.9. The molecule has 0 spiro atoms. The third kappa shape index (κ3) is 4.22. The Morgan fingerprint density at radius 3 is 2.43 bits per heavy atom. The maximum Gasteiger partial charge on any atom is 0.573 e. The fourth-order valence-electron chi connectivity index (χ4n) is 1.46. The summed E-state index contributed by atoms with van der Waals surface area (Å²) in [7, 11) is 0. The number of carboxylic acids is 1. The molecule has 0 saturated carbocycles. The first-order valence-corrected chi connectivity index (χ1v) is 4.94. The van der Waals surface area contributed by atoms with E-state index in [1.165, 1.54) is 0 Å². The number of ether oxygens (including phenoxy) is 1. The highest BCUT2D eigenvalue weighted by molar-refractivity contribution is 5.73. The van der Waals surface area contributed by atoms with E-state index in [4.69, 9.17) is 5.11 Å². The minimum atomic E-state index is -5.35. The molecule has 0 unspecified atom stereocenters. The second-order valence-electron chi connectivity index (χ2n) is 3.51. The van der Waals surface area contributed by atoms with E-state index >= 15 is 0 Å². The molecule has 0 radical (unpaired) electrons. The molecule has 1 rings (SSSR count). The molecule has 0 saturated heterocycles. The van der Waals surface area contributed by atoms with Crippen LogP contribution in [0.15, 0.2) is 6.20 Å². The average molecular weight is 316 g/mol. The van der Waals surface area contributed by atoms with Crippen LogP contribution >= 0.6 is 0 Å². The number of nitro groups is 1. The number of halogens is 5. The number of nitrogens with zero attached hydrogens (tertiary/aromatic N) is 2. The molecule has 1 heterocycles. The van der Waals surface area contributed by atoms with E-state index in [1.54, 1.807) is 0 Å². The molecule has 1 aromatic heterocycles.